The number of aryl methyl sites for hydroxylation is 1. The van der Waals surface area contributed by atoms with E-state index in [1.807, 2.05) is 38.1 Å². The van der Waals surface area contributed by atoms with E-state index >= 15 is 0 Å². The Balaban J connectivity index is 1.76. The van der Waals surface area contributed by atoms with Gasteiger partial charge in [0, 0.05) is 13.2 Å². The van der Waals surface area contributed by atoms with E-state index in [1.165, 1.54) is 16.7 Å². The molecule has 6 nitrogen and oxygen atoms in total. The average molecular weight is 552 g/mol. The van der Waals surface area contributed by atoms with Gasteiger partial charge in [-0.3, -0.25) is 14.2 Å². The van der Waals surface area contributed by atoms with Crippen molar-refractivity contribution in [1.29, 1.82) is 0 Å². The molecule has 1 atom stereocenters. The Morgan fingerprint density at radius 1 is 0.975 bits per heavy atom. The van der Waals surface area contributed by atoms with Crippen LogP contribution in [0, 0.1) is 0 Å². The van der Waals surface area contributed by atoms with E-state index in [2.05, 4.69) is 0 Å². The van der Waals surface area contributed by atoms with Crippen LogP contribution in [0.1, 0.15) is 49.3 Å². The predicted octanol–water partition coefficient (Wildman–Crippen LogP) is 6.14. The summed E-state index contributed by atoms with van der Waals surface area (Å²) >= 11 is 0. The molecule has 40 heavy (non-hydrogen) atoms. The van der Waals surface area contributed by atoms with Gasteiger partial charge in [0.2, 0.25) is 5.91 Å². The molecule has 0 fully saturated rings. The number of nitrogens with zero attached hydrogens (tertiary/aromatic N) is 3. The van der Waals surface area contributed by atoms with E-state index in [0.29, 0.717) is 34.6 Å². The number of carbonyl (C=O) groups excluding carboxylic acids is 1. The third-order valence-electron chi connectivity index (χ3n) is 6.88. The molecule has 3 aromatic carbocycles. The maximum absolute atomic E-state index is 13.8. The first-order valence-electron chi connectivity index (χ1n) is 13.3. The number of amides is 1. The lowest BCUT2D eigenvalue weighted by Crippen LogP contribution is -2.40. The summed E-state index contributed by atoms with van der Waals surface area (Å²) in [4.78, 5) is 33.8. The average Bonchev–Trinajstić information content (AvgIpc) is 2.95. The number of rotatable bonds is 10. The molecule has 210 valence electrons. The number of carbonyl (C=O) groups is 1. The second-order valence-electron chi connectivity index (χ2n) is 9.48. The number of aromatic nitrogens is 2. The molecule has 0 saturated carbocycles. The first-order chi connectivity index (χ1) is 19.1. The highest BCUT2D eigenvalue weighted by atomic mass is 19.4. The van der Waals surface area contributed by atoms with Crippen LogP contribution in [0.15, 0.2) is 77.6 Å². The first kappa shape index (κ1) is 29.0. The van der Waals surface area contributed by atoms with Gasteiger partial charge in [-0.05, 0) is 67.8 Å². The van der Waals surface area contributed by atoms with Crippen LogP contribution in [0.5, 0.6) is 0 Å². The Hall–Kier alpha value is -3.98. The first-order valence-corrected chi connectivity index (χ1v) is 13.3. The zero-order valence-corrected chi connectivity index (χ0v) is 22.7. The van der Waals surface area contributed by atoms with Gasteiger partial charge in [-0.25, -0.2) is 4.98 Å². The molecule has 0 aliphatic heterocycles. The molecule has 0 saturated heterocycles. The molecule has 1 aromatic heterocycles. The Labute approximate surface area is 231 Å². The summed E-state index contributed by atoms with van der Waals surface area (Å²) < 4.78 is 46.1. The molecule has 0 aliphatic rings. The van der Waals surface area contributed by atoms with Crippen molar-refractivity contribution in [3.8, 4) is 5.69 Å². The van der Waals surface area contributed by atoms with Crippen molar-refractivity contribution in [1.82, 2.24) is 14.5 Å². The maximum atomic E-state index is 13.8. The van der Waals surface area contributed by atoms with Crippen molar-refractivity contribution in [2.45, 2.75) is 45.8 Å². The van der Waals surface area contributed by atoms with Crippen LogP contribution in [0.4, 0.5) is 13.2 Å². The maximum Gasteiger partial charge on any atom is 0.416 e. The van der Waals surface area contributed by atoms with Crippen LogP contribution < -0.4 is 5.56 Å². The Morgan fingerprint density at radius 3 is 2.25 bits per heavy atom. The van der Waals surface area contributed by atoms with Gasteiger partial charge in [-0.2, -0.15) is 13.2 Å². The normalized spacial score (nSPS) is 12.4. The lowest BCUT2D eigenvalue weighted by molar-refractivity contribution is -0.137. The highest BCUT2D eigenvalue weighted by Gasteiger charge is 2.31. The zero-order chi connectivity index (χ0) is 28.9. The lowest BCUT2D eigenvalue weighted by Gasteiger charge is -2.31. The van der Waals surface area contributed by atoms with Crippen molar-refractivity contribution >= 4 is 16.8 Å². The standard InChI is InChI=1S/C31H32F3N3O3/c1-4-22-12-16-25(17-13-22)37-29(35-27-9-7-6-8-26(27)30(37)39)21(3)36(18-19-40-5-2)28(38)20-23-10-14-24(15-11-23)31(32,33)34/h6-17,21H,4-5,18-20H2,1-3H3/t21-/m1/s1. The number of alkyl halides is 3. The number of hydrogen-bond donors (Lipinski definition) is 0. The SMILES string of the molecule is CCOCCN(C(=O)Cc1ccc(C(F)(F)F)cc1)[C@H](C)c1nc2ccccc2c(=O)n1-c1ccc(CC)cc1. The smallest absolute Gasteiger partial charge is 0.380 e. The molecule has 4 aromatic rings. The molecule has 0 N–H and O–H groups in total. The van der Waals surface area contributed by atoms with Crippen molar-refractivity contribution < 1.29 is 22.7 Å². The Morgan fingerprint density at radius 2 is 1.62 bits per heavy atom. The van der Waals surface area contributed by atoms with Crippen LogP contribution >= 0.6 is 0 Å². The monoisotopic (exact) mass is 551 g/mol. The van der Waals surface area contributed by atoms with Gasteiger partial charge < -0.3 is 9.64 Å². The van der Waals surface area contributed by atoms with Crippen LogP contribution in [0.2, 0.25) is 0 Å². The van der Waals surface area contributed by atoms with E-state index in [4.69, 9.17) is 9.72 Å². The Kier molecular flexibility index (Phi) is 9.04. The van der Waals surface area contributed by atoms with E-state index in [-0.39, 0.29) is 31.0 Å². The minimum absolute atomic E-state index is 0.113. The van der Waals surface area contributed by atoms with Crippen molar-refractivity contribution in [2.24, 2.45) is 0 Å². The van der Waals surface area contributed by atoms with Crippen LogP contribution in [0.25, 0.3) is 16.6 Å². The number of halogens is 3. The Bertz CT molecular complexity index is 1510. The van der Waals surface area contributed by atoms with E-state index in [0.717, 1.165) is 24.1 Å². The van der Waals surface area contributed by atoms with Gasteiger partial charge >= 0.3 is 6.18 Å². The summed E-state index contributed by atoms with van der Waals surface area (Å²) in [7, 11) is 0. The topological polar surface area (TPSA) is 64.4 Å². The summed E-state index contributed by atoms with van der Waals surface area (Å²) in [6.45, 7) is 6.61. The molecule has 4 rings (SSSR count). The van der Waals surface area contributed by atoms with Crippen LogP contribution in [-0.2, 0) is 28.5 Å². The summed E-state index contributed by atoms with van der Waals surface area (Å²) in [6, 6.07) is 18.6. The molecule has 0 spiro atoms. The molecular formula is C31H32F3N3O3. The zero-order valence-electron chi connectivity index (χ0n) is 22.7. The summed E-state index contributed by atoms with van der Waals surface area (Å²) in [5.74, 6) is 0.0625. The predicted molar refractivity (Wildman–Crippen MR) is 148 cm³/mol. The van der Waals surface area contributed by atoms with Crippen molar-refractivity contribution in [3.05, 3.63) is 106 Å². The molecule has 0 radical (unpaired) electrons. The van der Waals surface area contributed by atoms with Gasteiger partial charge in [0.1, 0.15) is 5.82 Å². The second-order valence-corrected chi connectivity index (χ2v) is 9.48. The van der Waals surface area contributed by atoms with Crippen LogP contribution in [-0.4, -0.2) is 40.1 Å². The third-order valence-corrected chi connectivity index (χ3v) is 6.88. The molecule has 1 heterocycles. The second kappa shape index (κ2) is 12.5. The summed E-state index contributed by atoms with van der Waals surface area (Å²) in [6.07, 6.45) is -3.73. The van der Waals surface area contributed by atoms with Crippen LogP contribution in [0.3, 0.4) is 0 Å². The number of hydrogen-bond acceptors (Lipinski definition) is 4. The molecule has 0 unspecified atom stereocenters. The minimum atomic E-state index is -4.46. The van der Waals surface area contributed by atoms with Gasteiger partial charge in [0.05, 0.1) is 41.2 Å². The molecule has 0 aliphatic carbocycles. The van der Waals surface area contributed by atoms with Gasteiger partial charge in [-0.1, -0.05) is 43.3 Å². The third kappa shape index (κ3) is 6.42. The minimum Gasteiger partial charge on any atom is -0.380 e. The fraction of sp³-hybridized carbons (Fsp3) is 0.323. The van der Waals surface area contributed by atoms with E-state index in [9.17, 15) is 22.8 Å². The molecule has 0 bridgehead atoms. The number of ether oxygens (including phenoxy) is 1. The fourth-order valence-electron chi connectivity index (χ4n) is 4.63. The molecular weight excluding hydrogens is 519 g/mol. The van der Waals surface area contributed by atoms with Crippen molar-refractivity contribution in [2.75, 3.05) is 19.8 Å². The number of benzene rings is 3. The van der Waals surface area contributed by atoms with E-state index in [1.54, 1.807) is 36.1 Å². The highest BCUT2D eigenvalue weighted by Crippen LogP contribution is 2.29. The van der Waals surface area contributed by atoms with Crippen molar-refractivity contribution in [3.63, 3.8) is 0 Å². The molecule has 1 amide bonds. The lowest BCUT2D eigenvalue weighted by atomic mass is 10.1. The highest BCUT2D eigenvalue weighted by molar-refractivity contribution is 5.80. The summed E-state index contributed by atoms with van der Waals surface area (Å²) in [5, 5.41) is 0.454. The number of fused-ring (bicyclic) bond motifs is 1. The van der Waals surface area contributed by atoms with E-state index < -0.39 is 17.8 Å². The largest absolute Gasteiger partial charge is 0.416 e. The van der Waals surface area contributed by atoms with Gasteiger partial charge in [0.15, 0.2) is 0 Å². The van der Waals surface area contributed by atoms with Gasteiger partial charge in [-0.15, -0.1) is 0 Å². The number of para-hydroxylation sites is 1. The molecule has 9 heteroatoms. The fourth-order valence-corrected chi connectivity index (χ4v) is 4.63. The quantitative estimate of drug-likeness (QED) is 0.222. The summed E-state index contributed by atoms with van der Waals surface area (Å²) in [5.41, 5.74) is 1.68. The van der Waals surface area contributed by atoms with Gasteiger partial charge in [0.25, 0.3) is 5.56 Å².